The van der Waals surface area contributed by atoms with Crippen molar-refractivity contribution in [1.82, 2.24) is 19.7 Å². The lowest BCUT2D eigenvalue weighted by Gasteiger charge is -2.00. The standard InChI is InChI=1S/C9H6N6O2/c1-6-4-11-9(2-7(6)15(16)17)14-5-12-8(3-10)13-14/h2,4-5H,1H3. The molecule has 0 spiro atoms. The zero-order valence-corrected chi connectivity index (χ0v) is 8.73. The van der Waals surface area contributed by atoms with Gasteiger partial charge in [0.1, 0.15) is 12.4 Å². The second-order valence-electron chi connectivity index (χ2n) is 3.21. The molecular formula is C9H6N6O2. The van der Waals surface area contributed by atoms with Crippen LogP contribution in [0.4, 0.5) is 5.69 Å². The number of pyridine rings is 1. The molecule has 2 aromatic heterocycles. The number of aromatic nitrogens is 4. The molecule has 8 nitrogen and oxygen atoms in total. The lowest BCUT2D eigenvalue weighted by atomic mass is 10.2. The lowest BCUT2D eigenvalue weighted by molar-refractivity contribution is -0.385. The molecule has 0 aliphatic heterocycles. The van der Waals surface area contributed by atoms with E-state index in [4.69, 9.17) is 5.26 Å². The number of nitrogens with zero attached hydrogens (tertiary/aromatic N) is 6. The fraction of sp³-hybridized carbons (Fsp3) is 0.111. The van der Waals surface area contributed by atoms with Crippen LogP contribution >= 0.6 is 0 Å². The summed E-state index contributed by atoms with van der Waals surface area (Å²) in [7, 11) is 0. The van der Waals surface area contributed by atoms with Gasteiger partial charge in [0.25, 0.3) is 11.5 Å². The number of aryl methyl sites for hydroxylation is 1. The van der Waals surface area contributed by atoms with Gasteiger partial charge in [-0.25, -0.2) is 14.6 Å². The van der Waals surface area contributed by atoms with E-state index in [0.717, 1.165) is 0 Å². The molecule has 0 bridgehead atoms. The van der Waals surface area contributed by atoms with Crippen molar-refractivity contribution in [2.24, 2.45) is 0 Å². The van der Waals surface area contributed by atoms with Gasteiger partial charge in [0, 0.05) is 11.8 Å². The Hall–Kier alpha value is -2.82. The maximum Gasteiger partial charge on any atom is 0.277 e. The molecule has 0 saturated heterocycles. The van der Waals surface area contributed by atoms with Crippen molar-refractivity contribution in [2.75, 3.05) is 0 Å². The van der Waals surface area contributed by atoms with Crippen LogP contribution < -0.4 is 0 Å². The van der Waals surface area contributed by atoms with Crippen LogP contribution in [0.15, 0.2) is 18.6 Å². The van der Waals surface area contributed by atoms with E-state index in [-0.39, 0.29) is 17.3 Å². The van der Waals surface area contributed by atoms with Gasteiger partial charge in [-0.1, -0.05) is 0 Å². The molecule has 0 aromatic carbocycles. The smallest absolute Gasteiger partial charge is 0.258 e. The van der Waals surface area contributed by atoms with Crippen molar-refractivity contribution in [1.29, 1.82) is 5.26 Å². The Bertz CT molecular complexity index is 627. The molecule has 0 radical (unpaired) electrons. The summed E-state index contributed by atoms with van der Waals surface area (Å²) in [5.74, 6) is 0.228. The second-order valence-corrected chi connectivity index (χ2v) is 3.21. The number of nitriles is 1. The molecular weight excluding hydrogens is 224 g/mol. The van der Waals surface area contributed by atoms with Crippen molar-refractivity contribution < 1.29 is 4.92 Å². The molecule has 0 fully saturated rings. The minimum atomic E-state index is -0.497. The Balaban J connectivity index is 2.50. The zero-order valence-electron chi connectivity index (χ0n) is 8.73. The fourth-order valence-electron chi connectivity index (χ4n) is 1.25. The van der Waals surface area contributed by atoms with Crippen molar-refractivity contribution in [3.63, 3.8) is 0 Å². The molecule has 2 rings (SSSR count). The van der Waals surface area contributed by atoms with E-state index in [1.165, 1.54) is 23.3 Å². The van der Waals surface area contributed by atoms with E-state index in [9.17, 15) is 10.1 Å². The Morgan fingerprint density at radius 3 is 2.88 bits per heavy atom. The Labute approximate surface area is 95.3 Å². The first-order valence-electron chi connectivity index (χ1n) is 4.55. The van der Waals surface area contributed by atoms with E-state index < -0.39 is 4.92 Å². The quantitative estimate of drug-likeness (QED) is 0.556. The highest BCUT2D eigenvalue weighted by Crippen LogP contribution is 2.18. The number of hydrogen-bond acceptors (Lipinski definition) is 6. The normalized spacial score (nSPS) is 9.88. The van der Waals surface area contributed by atoms with Gasteiger partial charge in [-0.05, 0) is 6.92 Å². The molecule has 0 aliphatic rings. The third-order valence-electron chi connectivity index (χ3n) is 2.08. The van der Waals surface area contributed by atoms with Gasteiger partial charge in [-0.2, -0.15) is 5.26 Å². The lowest BCUT2D eigenvalue weighted by Crippen LogP contribution is -2.01. The Morgan fingerprint density at radius 1 is 1.53 bits per heavy atom. The molecule has 0 saturated carbocycles. The first-order valence-corrected chi connectivity index (χ1v) is 4.55. The summed E-state index contributed by atoms with van der Waals surface area (Å²) >= 11 is 0. The molecule has 0 atom stereocenters. The summed E-state index contributed by atoms with van der Waals surface area (Å²) in [6, 6.07) is 3.04. The van der Waals surface area contributed by atoms with E-state index in [0.29, 0.717) is 5.56 Å². The van der Waals surface area contributed by atoms with Gasteiger partial charge >= 0.3 is 0 Å². The summed E-state index contributed by atoms with van der Waals surface area (Å²) in [5.41, 5.74) is 0.406. The molecule has 84 valence electrons. The SMILES string of the molecule is Cc1cnc(-n2cnc(C#N)n2)cc1[N+](=O)[O-]. The molecule has 8 heteroatoms. The minimum Gasteiger partial charge on any atom is -0.258 e. The van der Waals surface area contributed by atoms with Gasteiger partial charge in [0.05, 0.1) is 11.0 Å². The highest BCUT2D eigenvalue weighted by atomic mass is 16.6. The molecule has 0 aliphatic carbocycles. The van der Waals surface area contributed by atoms with Crippen LogP contribution in [0.3, 0.4) is 0 Å². The molecule has 0 amide bonds. The van der Waals surface area contributed by atoms with Crippen LogP contribution in [0.25, 0.3) is 5.82 Å². The maximum absolute atomic E-state index is 10.7. The van der Waals surface area contributed by atoms with Crippen LogP contribution in [0.2, 0.25) is 0 Å². The predicted octanol–water partition coefficient (Wildman–Crippen LogP) is 0.751. The Morgan fingerprint density at radius 2 is 2.29 bits per heavy atom. The van der Waals surface area contributed by atoms with Crippen LogP contribution in [-0.2, 0) is 0 Å². The third kappa shape index (κ3) is 1.93. The van der Waals surface area contributed by atoms with E-state index in [1.807, 2.05) is 0 Å². The van der Waals surface area contributed by atoms with Crippen LogP contribution in [-0.4, -0.2) is 24.7 Å². The predicted molar refractivity (Wildman–Crippen MR) is 55.3 cm³/mol. The summed E-state index contributed by atoms with van der Waals surface area (Å²) in [5, 5.41) is 23.1. The van der Waals surface area contributed by atoms with Crippen LogP contribution in [0, 0.1) is 28.4 Å². The van der Waals surface area contributed by atoms with E-state index >= 15 is 0 Å². The highest BCUT2D eigenvalue weighted by molar-refractivity contribution is 5.43. The molecule has 0 N–H and O–H groups in total. The first-order chi connectivity index (χ1) is 8.11. The first kappa shape index (κ1) is 10.7. The van der Waals surface area contributed by atoms with Gasteiger partial charge < -0.3 is 0 Å². The zero-order chi connectivity index (χ0) is 12.4. The molecule has 2 heterocycles. The van der Waals surface area contributed by atoms with E-state index in [2.05, 4.69) is 15.1 Å². The number of hydrogen-bond donors (Lipinski definition) is 0. The average Bonchev–Trinajstić information content (AvgIpc) is 2.78. The Kier molecular flexibility index (Phi) is 2.50. The van der Waals surface area contributed by atoms with Gasteiger partial charge in [-0.3, -0.25) is 10.1 Å². The van der Waals surface area contributed by atoms with Crippen molar-refractivity contribution in [2.45, 2.75) is 6.92 Å². The summed E-state index contributed by atoms with van der Waals surface area (Å²) in [6.07, 6.45) is 2.65. The van der Waals surface area contributed by atoms with Crippen LogP contribution in [0.1, 0.15) is 11.4 Å². The number of nitro groups is 1. The van der Waals surface area contributed by atoms with Crippen molar-refractivity contribution in [3.05, 3.63) is 40.1 Å². The van der Waals surface area contributed by atoms with Gasteiger partial charge in [0.2, 0.25) is 0 Å². The van der Waals surface area contributed by atoms with Crippen molar-refractivity contribution in [3.8, 4) is 11.9 Å². The molecule has 0 unspecified atom stereocenters. The largest absolute Gasteiger partial charge is 0.277 e. The number of rotatable bonds is 2. The second kappa shape index (κ2) is 3.97. The molecule has 17 heavy (non-hydrogen) atoms. The average molecular weight is 230 g/mol. The monoisotopic (exact) mass is 230 g/mol. The maximum atomic E-state index is 10.7. The van der Waals surface area contributed by atoms with E-state index in [1.54, 1.807) is 13.0 Å². The van der Waals surface area contributed by atoms with Crippen LogP contribution in [0.5, 0.6) is 0 Å². The summed E-state index contributed by atoms with van der Waals surface area (Å²) < 4.78 is 1.21. The molecule has 2 aromatic rings. The van der Waals surface area contributed by atoms with Gasteiger partial charge in [0.15, 0.2) is 5.82 Å². The third-order valence-corrected chi connectivity index (χ3v) is 2.08. The van der Waals surface area contributed by atoms with Crippen molar-refractivity contribution >= 4 is 5.69 Å². The fourth-order valence-corrected chi connectivity index (χ4v) is 1.25. The topological polar surface area (TPSA) is 111 Å². The van der Waals surface area contributed by atoms with Gasteiger partial charge in [-0.15, -0.1) is 5.10 Å². The highest BCUT2D eigenvalue weighted by Gasteiger charge is 2.13. The minimum absolute atomic E-state index is 0.0185. The summed E-state index contributed by atoms with van der Waals surface area (Å²) in [6.45, 7) is 1.59. The summed E-state index contributed by atoms with van der Waals surface area (Å²) in [4.78, 5) is 17.9.